The molecule has 8 heteroatoms. The lowest BCUT2D eigenvalue weighted by atomic mass is 10.0. The van der Waals surface area contributed by atoms with E-state index in [2.05, 4.69) is 16.7 Å². The summed E-state index contributed by atoms with van der Waals surface area (Å²) < 4.78 is 5.73. The highest BCUT2D eigenvalue weighted by atomic mass is 16.6. The minimum absolute atomic E-state index is 0.0312. The molecular formula is C25H32N4O4. The van der Waals surface area contributed by atoms with Crippen LogP contribution in [0.25, 0.3) is 11.1 Å². The zero-order valence-corrected chi connectivity index (χ0v) is 19.2. The Bertz CT molecular complexity index is 932. The highest BCUT2D eigenvalue weighted by Gasteiger charge is 2.28. The smallest absolute Gasteiger partial charge is 0.269 e. The second-order valence-electron chi connectivity index (χ2n) is 8.70. The quantitative estimate of drug-likeness (QED) is 0.474. The zero-order chi connectivity index (χ0) is 23.2. The van der Waals surface area contributed by atoms with Crippen LogP contribution in [0.15, 0.2) is 48.5 Å². The summed E-state index contributed by atoms with van der Waals surface area (Å²) in [4.78, 5) is 30.0. The predicted octanol–water partition coefficient (Wildman–Crippen LogP) is 3.27. The molecule has 0 aliphatic carbocycles. The minimum atomic E-state index is -0.409. The van der Waals surface area contributed by atoms with Crippen molar-refractivity contribution < 1.29 is 14.5 Å². The van der Waals surface area contributed by atoms with E-state index in [9.17, 15) is 14.9 Å². The Kier molecular flexibility index (Phi) is 7.57. The molecule has 2 aromatic rings. The molecule has 2 aromatic carbocycles. The van der Waals surface area contributed by atoms with Crippen molar-refractivity contribution in [1.29, 1.82) is 0 Å². The number of amides is 1. The topological polar surface area (TPSA) is 79.2 Å². The van der Waals surface area contributed by atoms with Crippen LogP contribution in [0.1, 0.15) is 19.8 Å². The van der Waals surface area contributed by atoms with Gasteiger partial charge in [0, 0.05) is 57.4 Å². The van der Waals surface area contributed by atoms with Gasteiger partial charge in [0.15, 0.2) is 6.61 Å². The Labute approximate surface area is 194 Å². The van der Waals surface area contributed by atoms with E-state index in [-0.39, 0.29) is 18.2 Å². The fraction of sp³-hybridized carbons (Fsp3) is 0.480. The Morgan fingerprint density at radius 1 is 0.939 bits per heavy atom. The van der Waals surface area contributed by atoms with Gasteiger partial charge in [0.1, 0.15) is 5.75 Å². The highest BCUT2D eigenvalue weighted by molar-refractivity contribution is 5.78. The molecule has 0 radical (unpaired) electrons. The number of likely N-dealkylation sites (N-methyl/N-ethyl adjacent to an activating group) is 1. The van der Waals surface area contributed by atoms with Crippen LogP contribution in [0.5, 0.6) is 5.75 Å². The van der Waals surface area contributed by atoms with Gasteiger partial charge < -0.3 is 14.5 Å². The number of carbonyl (C=O) groups excluding carboxylic acids is 1. The van der Waals surface area contributed by atoms with Crippen LogP contribution in [0, 0.1) is 10.1 Å². The van der Waals surface area contributed by atoms with E-state index in [4.69, 9.17) is 4.74 Å². The number of piperidine rings is 1. The van der Waals surface area contributed by atoms with Crippen molar-refractivity contribution in [1.82, 2.24) is 14.7 Å². The molecule has 2 saturated heterocycles. The van der Waals surface area contributed by atoms with E-state index < -0.39 is 4.92 Å². The Morgan fingerprint density at radius 3 is 2.06 bits per heavy atom. The second-order valence-corrected chi connectivity index (χ2v) is 8.70. The third-order valence-electron chi connectivity index (χ3n) is 6.82. The number of piperazine rings is 1. The van der Waals surface area contributed by atoms with Gasteiger partial charge in [0.05, 0.1) is 4.92 Å². The van der Waals surface area contributed by atoms with Crippen molar-refractivity contribution in [2.75, 3.05) is 52.4 Å². The molecule has 0 saturated carbocycles. The first-order valence-corrected chi connectivity index (χ1v) is 11.8. The van der Waals surface area contributed by atoms with E-state index in [1.165, 1.54) is 12.1 Å². The molecule has 2 aliphatic rings. The van der Waals surface area contributed by atoms with Crippen molar-refractivity contribution in [3.05, 3.63) is 58.6 Å². The van der Waals surface area contributed by atoms with E-state index in [1.807, 2.05) is 29.2 Å². The third-order valence-corrected chi connectivity index (χ3v) is 6.82. The molecule has 0 atom stereocenters. The molecule has 0 spiro atoms. The van der Waals surface area contributed by atoms with Gasteiger partial charge in [0.25, 0.3) is 11.6 Å². The Morgan fingerprint density at radius 2 is 1.52 bits per heavy atom. The standard InChI is InChI=1S/C25H32N4O4/c1-2-26-15-17-27(18-16-26)22-11-13-28(14-12-22)25(30)19-33-24-9-5-21(6-10-24)20-3-7-23(8-4-20)29(31)32/h3-10,22H,2,11-19H2,1H3. The zero-order valence-electron chi connectivity index (χ0n) is 19.2. The number of nitro benzene ring substituents is 1. The molecule has 2 heterocycles. The molecule has 0 aromatic heterocycles. The van der Waals surface area contributed by atoms with Gasteiger partial charge in [-0.1, -0.05) is 19.1 Å². The van der Waals surface area contributed by atoms with Crippen LogP contribution in [0.3, 0.4) is 0 Å². The van der Waals surface area contributed by atoms with Crippen LogP contribution in [-0.2, 0) is 4.79 Å². The SMILES string of the molecule is CCN1CCN(C2CCN(C(=O)COc3ccc(-c4ccc([N+](=O)[O-])cc4)cc3)CC2)CC1. The molecule has 4 rings (SSSR count). The predicted molar refractivity (Wildman–Crippen MR) is 127 cm³/mol. The van der Waals surface area contributed by atoms with Crippen LogP contribution in [0.2, 0.25) is 0 Å². The number of hydrogen-bond donors (Lipinski definition) is 0. The number of hydrogen-bond acceptors (Lipinski definition) is 6. The van der Waals surface area contributed by atoms with Gasteiger partial charge in [-0.05, 0) is 54.8 Å². The summed E-state index contributed by atoms with van der Waals surface area (Å²) >= 11 is 0. The van der Waals surface area contributed by atoms with Crippen LogP contribution in [0.4, 0.5) is 5.69 Å². The number of nitro groups is 1. The summed E-state index contributed by atoms with van der Waals surface area (Å²) in [6.07, 6.45) is 2.06. The normalized spacial score (nSPS) is 18.3. The first kappa shape index (κ1) is 23.2. The van der Waals surface area contributed by atoms with Crippen molar-refractivity contribution >= 4 is 11.6 Å². The molecule has 2 fully saturated rings. The third kappa shape index (κ3) is 5.89. The van der Waals surface area contributed by atoms with Gasteiger partial charge in [-0.3, -0.25) is 19.8 Å². The fourth-order valence-electron chi connectivity index (χ4n) is 4.68. The molecule has 2 aliphatic heterocycles. The maximum absolute atomic E-state index is 12.6. The van der Waals surface area contributed by atoms with E-state index in [0.717, 1.165) is 69.8 Å². The summed E-state index contributed by atoms with van der Waals surface area (Å²) in [6, 6.07) is 14.5. The number of nitrogens with zero attached hydrogens (tertiary/aromatic N) is 4. The molecule has 0 unspecified atom stereocenters. The van der Waals surface area contributed by atoms with Gasteiger partial charge in [0.2, 0.25) is 0 Å². The summed E-state index contributed by atoms with van der Waals surface area (Å²) in [5.74, 6) is 0.668. The minimum Gasteiger partial charge on any atom is -0.484 e. The number of rotatable bonds is 7. The number of carbonyl (C=O) groups is 1. The number of benzene rings is 2. The maximum Gasteiger partial charge on any atom is 0.269 e. The lowest BCUT2D eigenvalue weighted by molar-refractivity contribution is -0.384. The van der Waals surface area contributed by atoms with Crippen molar-refractivity contribution in [2.24, 2.45) is 0 Å². The Balaban J connectivity index is 1.22. The van der Waals surface area contributed by atoms with Gasteiger partial charge in [-0.15, -0.1) is 0 Å². The van der Waals surface area contributed by atoms with Crippen molar-refractivity contribution in [3.63, 3.8) is 0 Å². The highest BCUT2D eigenvalue weighted by Crippen LogP contribution is 2.25. The number of non-ortho nitro benzene ring substituents is 1. The second kappa shape index (κ2) is 10.8. The number of likely N-dealkylation sites (tertiary alicyclic amines) is 1. The summed E-state index contributed by atoms with van der Waals surface area (Å²) in [6.45, 7) is 9.52. The van der Waals surface area contributed by atoms with Crippen molar-refractivity contribution in [3.8, 4) is 16.9 Å². The van der Waals surface area contributed by atoms with E-state index in [0.29, 0.717) is 11.8 Å². The molecule has 33 heavy (non-hydrogen) atoms. The molecule has 8 nitrogen and oxygen atoms in total. The Hall–Kier alpha value is -2.97. The summed E-state index contributed by atoms with van der Waals surface area (Å²) in [5, 5.41) is 10.8. The molecule has 1 amide bonds. The first-order chi connectivity index (χ1) is 16.0. The van der Waals surface area contributed by atoms with Gasteiger partial charge >= 0.3 is 0 Å². The number of ether oxygens (including phenoxy) is 1. The molecule has 0 N–H and O–H groups in total. The van der Waals surface area contributed by atoms with Gasteiger partial charge in [-0.25, -0.2) is 0 Å². The molecule has 176 valence electrons. The lowest BCUT2D eigenvalue weighted by Gasteiger charge is -2.42. The van der Waals surface area contributed by atoms with E-state index >= 15 is 0 Å². The monoisotopic (exact) mass is 452 g/mol. The van der Waals surface area contributed by atoms with Crippen LogP contribution < -0.4 is 4.74 Å². The van der Waals surface area contributed by atoms with Crippen molar-refractivity contribution in [2.45, 2.75) is 25.8 Å². The summed E-state index contributed by atoms with van der Waals surface area (Å²) in [5.41, 5.74) is 1.90. The summed E-state index contributed by atoms with van der Waals surface area (Å²) in [7, 11) is 0. The fourth-order valence-corrected chi connectivity index (χ4v) is 4.68. The van der Waals surface area contributed by atoms with Crippen LogP contribution >= 0.6 is 0 Å². The largest absolute Gasteiger partial charge is 0.484 e. The lowest BCUT2D eigenvalue weighted by Crippen LogP contribution is -2.54. The maximum atomic E-state index is 12.6. The first-order valence-electron chi connectivity index (χ1n) is 11.8. The molecule has 0 bridgehead atoms. The molecular weight excluding hydrogens is 420 g/mol. The van der Waals surface area contributed by atoms with Crippen LogP contribution in [-0.4, -0.2) is 84.0 Å². The van der Waals surface area contributed by atoms with Gasteiger partial charge in [-0.2, -0.15) is 0 Å². The average Bonchev–Trinajstić information content (AvgIpc) is 2.88. The van der Waals surface area contributed by atoms with E-state index in [1.54, 1.807) is 12.1 Å². The average molecular weight is 453 g/mol.